The van der Waals surface area contributed by atoms with Gasteiger partial charge in [-0.05, 0) is 68.2 Å². The number of hydrogen-bond acceptors (Lipinski definition) is 4. The predicted octanol–water partition coefficient (Wildman–Crippen LogP) is 5.63. The number of Topliss-reactive ketones (excluding diaryl/α,β-unsaturated/α-hetero) is 4. The number of rotatable bonds is 2. The fourth-order valence-electron chi connectivity index (χ4n) is 7.83. The van der Waals surface area contributed by atoms with Crippen LogP contribution in [0.15, 0.2) is 113 Å². The Morgan fingerprint density at radius 1 is 0.514 bits per heavy atom. The number of fused-ring (bicyclic) bond motifs is 4. The molecule has 0 fully saturated rings. The predicted molar refractivity (Wildman–Crippen MR) is 138 cm³/mol. The van der Waals surface area contributed by atoms with Gasteiger partial charge < -0.3 is 0 Å². The molecule has 0 N–H and O–H groups in total. The van der Waals surface area contributed by atoms with Gasteiger partial charge in [-0.2, -0.15) is 0 Å². The highest BCUT2D eigenvalue weighted by molar-refractivity contribution is 6.31. The molecule has 0 aliphatic heterocycles. The molecule has 4 nitrogen and oxygen atoms in total. The topological polar surface area (TPSA) is 68.3 Å². The van der Waals surface area contributed by atoms with Crippen molar-refractivity contribution < 1.29 is 19.2 Å². The summed E-state index contributed by atoms with van der Waals surface area (Å²) in [5.41, 5.74) is 14.2. The van der Waals surface area contributed by atoms with Gasteiger partial charge in [0, 0.05) is 57.4 Å². The zero-order valence-corrected chi connectivity index (χ0v) is 20.9. The van der Waals surface area contributed by atoms with Gasteiger partial charge in [-0.25, -0.2) is 0 Å². The van der Waals surface area contributed by atoms with Gasteiger partial charge in [0.25, 0.3) is 0 Å². The van der Waals surface area contributed by atoms with Crippen molar-refractivity contribution in [3.05, 3.63) is 113 Å². The molecule has 8 aliphatic rings. The van der Waals surface area contributed by atoms with Crippen LogP contribution in [0.4, 0.5) is 0 Å². The zero-order chi connectivity index (χ0) is 25.3. The van der Waals surface area contributed by atoms with Crippen LogP contribution in [-0.2, 0) is 19.2 Å². The number of ketones is 4. The van der Waals surface area contributed by atoms with E-state index in [2.05, 4.69) is 13.8 Å². The lowest BCUT2D eigenvalue weighted by atomic mass is 9.83. The van der Waals surface area contributed by atoms with Crippen molar-refractivity contribution in [1.29, 1.82) is 0 Å². The van der Waals surface area contributed by atoms with E-state index >= 15 is 0 Å². The van der Waals surface area contributed by atoms with E-state index in [1.165, 1.54) is 16.7 Å². The minimum absolute atomic E-state index is 0.00810. The highest BCUT2D eigenvalue weighted by Gasteiger charge is 2.46. The number of carbonyl (C=O) groups excluding carboxylic acids is 4. The lowest BCUT2D eigenvalue weighted by Gasteiger charge is -2.17. The van der Waals surface area contributed by atoms with E-state index in [-0.39, 0.29) is 23.1 Å². The quantitative estimate of drug-likeness (QED) is 0.477. The Labute approximate surface area is 214 Å². The van der Waals surface area contributed by atoms with E-state index in [1.54, 1.807) is 6.08 Å². The molecule has 0 spiro atoms. The van der Waals surface area contributed by atoms with Crippen LogP contribution in [0.1, 0.15) is 58.8 Å². The highest BCUT2D eigenvalue weighted by atomic mass is 16.1. The third-order valence-corrected chi connectivity index (χ3v) is 9.42. The summed E-state index contributed by atoms with van der Waals surface area (Å²) < 4.78 is 0. The lowest BCUT2D eigenvalue weighted by Crippen LogP contribution is -2.20. The van der Waals surface area contributed by atoms with Crippen LogP contribution in [0.3, 0.4) is 0 Å². The van der Waals surface area contributed by atoms with E-state index in [0.717, 1.165) is 40.7 Å². The lowest BCUT2D eigenvalue weighted by molar-refractivity contribution is -0.116. The summed E-state index contributed by atoms with van der Waals surface area (Å²) in [5.74, 6) is 0.0679. The van der Waals surface area contributed by atoms with E-state index < -0.39 is 0 Å². The van der Waals surface area contributed by atoms with Crippen LogP contribution in [0.5, 0.6) is 0 Å². The van der Waals surface area contributed by atoms with Crippen LogP contribution in [-0.4, -0.2) is 23.1 Å². The van der Waals surface area contributed by atoms with E-state index in [1.807, 2.05) is 18.2 Å². The Kier molecular flexibility index (Phi) is 3.94. The van der Waals surface area contributed by atoms with Crippen LogP contribution >= 0.6 is 0 Å². The highest BCUT2D eigenvalue weighted by Crippen LogP contribution is 2.55. The Morgan fingerprint density at radius 2 is 1.05 bits per heavy atom. The Balaban J connectivity index is 1.19. The third kappa shape index (κ3) is 2.48. The largest absolute Gasteiger partial charge is 0.289 e. The molecule has 0 aromatic rings. The molecule has 0 heterocycles. The first-order valence-corrected chi connectivity index (χ1v) is 13.1. The molecular formula is C33H24O4. The van der Waals surface area contributed by atoms with Crippen molar-refractivity contribution in [1.82, 2.24) is 0 Å². The Bertz CT molecular complexity index is 1740. The fourth-order valence-corrected chi connectivity index (χ4v) is 7.83. The molecule has 0 atom stereocenters. The summed E-state index contributed by atoms with van der Waals surface area (Å²) >= 11 is 0. The van der Waals surface area contributed by atoms with Crippen LogP contribution in [0, 0.1) is 0 Å². The summed E-state index contributed by atoms with van der Waals surface area (Å²) in [4.78, 5) is 53.5. The third-order valence-electron chi connectivity index (χ3n) is 9.42. The second kappa shape index (κ2) is 6.89. The summed E-state index contributed by atoms with van der Waals surface area (Å²) in [6.07, 6.45) is 11.9. The molecule has 0 bridgehead atoms. The minimum Gasteiger partial charge on any atom is -0.289 e. The summed E-state index contributed by atoms with van der Waals surface area (Å²) in [5, 5.41) is 0. The standard InChI is InChI=1S/C33H24O4/c1-14-9-17(27-22(14)12-24-29(27)33(37)21-8-4-6-19(21)30(24)34)11-16-10-15(2)26-23(16)13-25-28(26)32(36)20-7-3-5-18(20)31(25)35/h3-6H,7-13H2,1-2H3. The molecular weight excluding hydrogens is 460 g/mol. The molecule has 8 rings (SSSR count). The molecule has 37 heavy (non-hydrogen) atoms. The average Bonchev–Trinajstić information content (AvgIpc) is 3.69. The molecule has 0 amide bonds. The molecule has 0 saturated heterocycles. The molecule has 8 aliphatic carbocycles. The molecule has 0 saturated carbocycles. The van der Waals surface area contributed by atoms with Gasteiger partial charge in [0.05, 0.1) is 0 Å². The Morgan fingerprint density at radius 3 is 1.68 bits per heavy atom. The van der Waals surface area contributed by atoms with Crippen LogP contribution in [0.2, 0.25) is 0 Å². The maximum Gasteiger partial charge on any atom is 0.191 e. The smallest absolute Gasteiger partial charge is 0.191 e. The van der Waals surface area contributed by atoms with Crippen molar-refractivity contribution in [3.63, 3.8) is 0 Å². The first-order valence-electron chi connectivity index (χ1n) is 13.1. The van der Waals surface area contributed by atoms with Crippen molar-refractivity contribution in [3.8, 4) is 0 Å². The van der Waals surface area contributed by atoms with Crippen molar-refractivity contribution in [2.45, 2.75) is 58.8 Å². The maximum absolute atomic E-state index is 13.6. The number of carbonyl (C=O) groups is 4. The SMILES string of the molecule is CC1=C2CC3=C(C(=O)C4=C(C=CC4)C3=O)C2=C(CC2=C3CC4=C(C(=O)C5=C(C=CC5)C4=O)C3=C(C)C2)C1. The first-order chi connectivity index (χ1) is 17.8. The monoisotopic (exact) mass is 484 g/mol. The van der Waals surface area contributed by atoms with Gasteiger partial charge >= 0.3 is 0 Å². The summed E-state index contributed by atoms with van der Waals surface area (Å²) in [6.45, 7) is 4.20. The fraction of sp³-hybridized carbons (Fsp3) is 0.273. The van der Waals surface area contributed by atoms with Gasteiger partial charge in [-0.15, -0.1) is 0 Å². The number of allylic oxidation sites excluding steroid dienone is 20. The Hall–Kier alpha value is -3.92. The van der Waals surface area contributed by atoms with E-state index in [4.69, 9.17) is 0 Å². The molecule has 180 valence electrons. The molecule has 4 heteroatoms. The summed E-state index contributed by atoms with van der Waals surface area (Å²) in [7, 11) is 0. The second-order valence-electron chi connectivity index (χ2n) is 11.4. The minimum atomic E-state index is 0.00810. The molecule has 0 radical (unpaired) electrons. The molecule has 0 unspecified atom stereocenters. The molecule has 0 aromatic heterocycles. The van der Waals surface area contributed by atoms with Crippen LogP contribution < -0.4 is 0 Å². The van der Waals surface area contributed by atoms with Crippen molar-refractivity contribution in [2.75, 3.05) is 0 Å². The summed E-state index contributed by atoms with van der Waals surface area (Å²) in [6, 6.07) is 0. The van der Waals surface area contributed by atoms with E-state index in [9.17, 15) is 19.2 Å². The van der Waals surface area contributed by atoms with Gasteiger partial charge in [-0.1, -0.05) is 46.6 Å². The molecule has 0 aromatic carbocycles. The van der Waals surface area contributed by atoms with E-state index in [0.29, 0.717) is 76.7 Å². The van der Waals surface area contributed by atoms with Gasteiger partial charge in [0.1, 0.15) is 0 Å². The van der Waals surface area contributed by atoms with Crippen molar-refractivity contribution in [2.24, 2.45) is 0 Å². The zero-order valence-electron chi connectivity index (χ0n) is 20.9. The average molecular weight is 485 g/mol. The van der Waals surface area contributed by atoms with Gasteiger partial charge in [-0.3, -0.25) is 19.2 Å². The van der Waals surface area contributed by atoms with Crippen LogP contribution in [0.25, 0.3) is 0 Å². The maximum atomic E-state index is 13.6. The van der Waals surface area contributed by atoms with Gasteiger partial charge in [0.15, 0.2) is 23.1 Å². The second-order valence-corrected chi connectivity index (χ2v) is 11.4. The number of hydrogen-bond donors (Lipinski definition) is 0. The first kappa shape index (κ1) is 21.2. The normalized spacial score (nSPS) is 25.8. The van der Waals surface area contributed by atoms with Crippen molar-refractivity contribution >= 4 is 23.1 Å². The van der Waals surface area contributed by atoms with Gasteiger partial charge in [0.2, 0.25) is 0 Å².